The van der Waals surface area contributed by atoms with E-state index in [-0.39, 0.29) is 22.7 Å². The number of hydrogen-bond acceptors (Lipinski definition) is 6. The molecular weight excluding hydrogens is 482 g/mol. The topological polar surface area (TPSA) is 106 Å². The molecule has 3 aromatic carbocycles. The van der Waals surface area contributed by atoms with Crippen molar-refractivity contribution in [2.45, 2.75) is 13.8 Å². The lowest BCUT2D eigenvalue weighted by molar-refractivity contribution is -0.114. The number of para-hydroxylation sites is 1. The maximum absolute atomic E-state index is 13.9. The van der Waals surface area contributed by atoms with Crippen molar-refractivity contribution in [2.75, 3.05) is 28.9 Å². The molecule has 2 heterocycles. The molecule has 0 spiro atoms. The molecule has 2 amide bonds. The van der Waals surface area contributed by atoms with Crippen molar-refractivity contribution in [1.29, 1.82) is 0 Å². The third kappa shape index (κ3) is 4.13. The first kappa shape index (κ1) is 24.6. The number of carboxylic acid groups (broad SMARTS) is 1. The summed E-state index contributed by atoms with van der Waals surface area (Å²) >= 11 is 0. The number of aliphatic imine (C=N–C) groups is 1. The molecule has 3 aromatic rings. The molecule has 0 bridgehead atoms. The van der Waals surface area contributed by atoms with Gasteiger partial charge in [-0.05, 0) is 79.6 Å². The van der Waals surface area contributed by atoms with Crippen molar-refractivity contribution in [2.24, 2.45) is 10.1 Å². The highest BCUT2D eigenvalue weighted by Crippen LogP contribution is 2.34. The highest BCUT2D eigenvalue weighted by atomic mass is 16.4. The van der Waals surface area contributed by atoms with Crippen molar-refractivity contribution >= 4 is 52.1 Å². The first-order valence-electron chi connectivity index (χ1n) is 11.9. The van der Waals surface area contributed by atoms with Crippen molar-refractivity contribution in [3.63, 3.8) is 0 Å². The third-order valence-electron chi connectivity index (χ3n) is 6.47. The predicted molar refractivity (Wildman–Crippen MR) is 148 cm³/mol. The summed E-state index contributed by atoms with van der Waals surface area (Å²) in [6.07, 6.45) is 0. The summed E-state index contributed by atoms with van der Waals surface area (Å²) in [7, 11) is 3.90. The number of fused-ring (bicyclic) bond motifs is 1. The zero-order valence-corrected chi connectivity index (χ0v) is 21.3. The molecule has 0 radical (unpaired) electrons. The fourth-order valence-electron chi connectivity index (χ4n) is 4.39. The standard InChI is InChI=1S/C29H25N5O4/c1-17-16-22(32(3)4)14-15-23(17)30-25-18(2)24-26(33(28(25)36)20-8-6-5-7-9-20)31-34(27(24)35)21-12-10-19(11-13-21)29(37)38/h5-16H,1-4H3,(H,37,38). The molecule has 0 aromatic heterocycles. The number of aromatic carboxylic acids is 1. The Morgan fingerprint density at radius 2 is 1.58 bits per heavy atom. The smallest absolute Gasteiger partial charge is 0.335 e. The Balaban J connectivity index is 1.66. The number of amidine groups is 1. The quantitative estimate of drug-likeness (QED) is 0.545. The number of hydrazone groups is 1. The lowest BCUT2D eigenvalue weighted by Gasteiger charge is -2.28. The van der Waals surface area contributed by atoms with Crippen LogP contribution in [0.4, 0.5) is 22.7 Å². The van der Waals surface area contributed by atoms with Gasteiger partial charge in [0.15, 0.2) is 5.84 Å². The Hall–Kier alpha value is -5.05. The van der Waals surface area contributed by atoms with Crippen LogP contribution in [0, 0.1) is 6.92 Å². The number of nitrogens with zero attached hydrogens (tertiary/aromatic N) is 5. The van der Waals surface area contributed by atoms with Crippen LogP contribution < -0.4 is 14.8 Å². The van der Waals surface area contributed by atoms with Gasteiger partial charge in [0.25, 0.3) is 11.8 Å². The van der Waals surface area contributed by atoms with E-state index in [1.54, 1.807) is 31.2 Å². The van der Waals surface area contributed by atoms with E-state index in [1.165, 1.54) is 34.2 Å². The van der Waals surface area contributed by atoms with Crippen LogP contribution in [0.1, 0.15) is 22.8 Å². The first-order valence-corrected chi connectivity index (χ1v) is 11.9. The van der Waals surface area contributed by atoms with Crippen molar-refractivity contribution < 1.29 is 19.5 Å². The Kier molecular flexibility index (Phi) is 6.12. The molecule has 2 aliphatic heterocycles. The minimum atomic E-state index is -1.07. The minimum absolute atomic E-state index is 0.0898. The highest BCUT2D eigenvalue weighted by Gasteiger charge is 2.45. The highest BCUT2D eigenvalue weighted by molar-refractivity contribution is 6.61. The molecule has 9 heteroatoms. The van der Waals surface area contributed by atoms with Gasteiger partial charge in [-0.25, -0.2) is 9.79 Å². The molecule has 2 aliphatic rings. The Labute approximate surface area is 219 Å². The van der Waals surface area contributed by atoms with Gasteiger partial charge in [-0.2, -0.15) is 5.01 Å². The summed E-state index contributed by atoms with van der Waals surface area (Å²) in [5.74, 6) is -1.70. The van der Waals surface area contributed by atoms with E-state index >= 15 is 0 Å². The molecule has 38 heavy (non-hydrogen) atoms. The van der Waals surface area contributed by atoms with E-state index in [9.17, 15) is 19.5 Å². The van der Waals surface area contributed by atoms with Crippen LogP contribution in [0.25, 0.3) is 0 Å². The number of aryl methyl sites for hydroxylation is 1. The Morgan fingerprint density at radius 1 is 0.895 bits per heavy atom. The molecular formula is C29H25N5O4. The molecule has 0 aliphatic carbocycles. The van der Waals surface area contributed by atoms with Gasteiger partial charge < -0.3 is 10.0 Å². The molecule has 190 valence electrons. The number of carboxylic acids is 1. The molecule has 0 unspecified atom stereocenters. The lowest BCUT2D eigenvalue weighted by atomic mass is 9.96. The van der Waals surface area contributed by atoms with Crippen molar-refractivity contribution in [3.8, 4) is 0 Å². The number of carbonyl (C=O) groups excluding carboxylic acids is 2. The zero-order valence-electron chi connectivity index (χ0n) is 21.3. The molecule has 5 rings (SSSR count). The zero-order chi connectivity index (χ0) is 27.1. The summed E-state index contributed by atoms with van der Waals surface area (Å²) in [6.45, 7) is 3.62. The van der Waals surface area contributed by atoms with E-state index in [0.717, 1.165) is 11.3 Å². The molecule has 0 saturated heterocycles. The number of rotatable bonds is 5. The van der Waals surface area contributed by atoms with E-state index in [2.05, 4.69) is 5.10 Å². The molecule has 0 atom stereocenters. The van der Waals surface area contributed by atoms with Gasteiger partial charge in [-0.15, -0.1) is 5.10 Å². The summed E-state index contributed by atoms with van der Waals surface area (Å²) in [6, 6.07) is 20.6. The molecule has 9 nitrogen and oxygen atoms in total. The van der Waals surface area contributed by atoms with Crippen LogP contribution >= 0.6 is 0 Å². The van der Waals surface area contributed by atoms with Gasteiger partial charge in [0, 0.05) is 19.8 Å². The van der Waals surface area contributed by atoms with Crippen molar-refractivity contribution in [1.82, 2.24) is 0 Å². The lowest BCUT2D eigenvalue weighted by Crippen LogP contribution is -2.47. The van der Waals surface area contributed by atoms with Crippen LogP contribution in [-0.4, -0.2) is 48.5 Å². The number of hydrogen-bond donors (Lipinski definition) is 1. The largest absolute Gasteiger partial charge is 0.478 e. The van der Waals surface area contributed by atoms with Gasteiger partial charge in [0.05, 0.1) is 28.2 Å². The maximum Gasteiger partial charge on any atom is 0.335 e. The second-order valence-corrected chi connectivity index (χ2v) is 9.19. The predicted octanol–water partition coefficient (Wildman–Crippen LogP) is 4.56. The van der Waals surface area contributed by atoms with Gasteiger partial charge in [0.1, 0.15) is 5.71 Å². The van der Waals surface area contributed by atoms with Gasteiger partial charge in [-0.3, -0.25) is 14.5 Å². The van der Waals surface area contributed by atoms with Crippen LogP contribution in [0.15, 0.2) is 94.0 Å². The second kappa shape index (κ2) is 9.44. The van der Waals surface area contributed by atoms with Crippen LogP contribution in [0.3, 0.4) is 0 Å². The summed E-state index contributed by atoms with van der Waals surface area (Å²) in [4.78, 5) is 47.0. The summed E-state index contributed by atoms with van der Waals surface area (Å²) in [5, 5.41) is 14.9. The van der Waals surface area contributed by atoms with Crippen LogP contribution in [0.2, 0.25) is 0 Å². The fourth-order valence-corrected chi connectivity index (χ4v) is 4.39. The van der Waals surface area contributed by atoms with E-state index < -0.39 is 17.8 Å². The molecule has 0 saturated carbocycles. The average Bonchev–Trinajstić information content (AvgIpc) is 3.24. The summed E-state index contributed by atoms with van der Waals surface area (Å²) < 4.78 is 0. The van der Waals surface area contributed by atoms with Gasteiger partial charge in [-0.1, -0.05) is 18.2 Å². The van der Waals surface area contributed by atoms with Crippen LogP contribution in [0.5, 0.6) is 0 Å². The van der Waals surface area contributed by atoms with Crippen LogP contribution in [-0.2, 0) is 9.59 Å². The number of carbonyl (C=O) groups is 3. The molecule has 1 N–H and O–H groups in total. The third-order valence-corrected chi connectivity index (χ3v) is 6.47. The minimum Gasteiger partial charge on any atom is -0.478 e. The average molecular weight is 508 g/mol. The van der Waals surface area contributed by atoms with Gasteiger partial charge in [0.2, 0.25) is 0 Å². The second-order valence-electron chi connectivity index (χ2n) is 9.19. The Morgan fingerprint density at radius 3 is 2.18 bits per heavy atom. The molecule has 0 fully saturated rings. The Bertz CT molecular complexity index is 1570. The maximum atomic E-state index is 13.9. The fraction of sp³-hybridized carbons (Fsp3) is 0.138. The monoisotopic (exact) mass is 507 g/mol. The number of anilines is 3. The normalized spacial score (nSPS) is 16.2. The first-order chi connectivity index (χ1) is 18.2. The van der Waals surface area contributed by atoms with E-state index in [4.69, 9.17) is 4.99 Å². The summed E-state index contributed by atoms with van der Waals surface area (Å²) in [5.41, 5.74) is 4.38. The number of benzene rings is 3. The SMILES string of the molecule is CC1=C2C(=O)N(c3ccc(C(=O)O)cc3)N=C2N(c2ccccc2)C(=O)C1=Nc1ccc(N(C)C)cc1C. The van der Waals surface area contributed by atoms with Gasteiger partial charge >= 0.3 is 5.97 Å². The van der Waals surface area contributed by atoms with E-state index in [1.807, 2.05) is 50.2 Å². The van der Waals surface area contributed by atoms with Crippen molar-refractivity contribution in [3.05, 3.63) is 95.1 Å². The van der Waals surface area contributed by atoms with E-state index in [0.29, 0.717) is 22.6 Å². The number of amides is 2.